The second-order valence-corrected chi connectivity index (χ2v) is 9.20. The summed E-state index contributed by atoms with van der Waals surface area (Å²) in [4.78, 5) is -1.33. The van der Waals surface area contributed by atoms with Gasteiger partial charge in [0.1, 0.15) is 10.6 Å². The third kappa shape index (κ3) is 3.45. The maximum Gasteiger partial charge on any atom is 0.295 e. The fraction of sp³-hybridized carbons (Fsp3) is 0. The molecular formula is C20H13O7S2. The molecule has 0 unspecified atom stereocenters. The average Bonchev–Trinajstić information content (AvgIpc) is 2.65. The van der Waals surface area contributed by atoms with Gasteiger partial charge in [-0.15, -0.1) is 0 Å². The highest BCUT2D eigenvalue weighted by Gasteiger charge is 2.22. The first-order valence-electron chi connectivity index (χ1n) is 8.22. The Morgan fingerprint density at radius 2 is 1.45 bits per heavy atom. The summed E-state index contributed by atoms with van der Waals surface area (Å²) in [5.41, 5.74) is 0.880. The van der Waals surface area contributed by atoms with E-state index in [1.165, 1.54) is 0 Å². The molecule has 4 aromatic carbocycles. The predicted molar refractivity (Wildman–Crippen MR) is 107 cm³/mol. The summed E-state index contributed by atoms with van der Waals surface area (Å²) < 4.78 is 65.9. The van der Waals surface area contributed by atoms with Crippen molar-refractivity contribution < 1.29 is 31.0 Å². The number of rotatable bonds is 3. The maximum atomic E-state index is 12.0. The van der Waals surface area contributed by atoms with Crippen molar-refractivity contribution in [2.24, 2.45) is 0 Å². The molecule has 0 bridgehead atoms. The number of hydrogen-bond acceptors (Lipinski definition) is 5. The highest BCUT2D eigenvalue weighted by molar-refractivity contribution is 7.86. The number of hydrogen-bond donors (Lipinski definition) is 3. The quantitative estimate of drug-likeness (QED) is 0.424. The van der Waals surface area contributed by atoms with Crippen LogP contribution in [0.4, 0.5) is 0 Å². The molecule has 3 N–H and O–H groups in total. The highest BCUT2D eigenvalue weighted by atomic mass is 32.2. The van der Waals surface area contributed by atoms with Crippen molar-refractivity contribution in [3.05, 3.63) is 66.7 Å². The maximum absolute atomic E-state index is 12.0. The highest BCUT2D eigenvalue weighted by Crippen LogP contribution is 2.38. The number of phenolic OH excluding ortho intramolecular Hbond substituents is 1. The van der Waals surface area contributed by atoms with Crippen molar-refractivity contribution in [1.29, 1.82) is 0 Å². The Morgan fingerprint density at radius 1 is 0.759 bits per heavy atom. The van der Waals surface area contributed by atoms with Crippen LogP contribution in [0.25, 0.3) is 32.7 Å². The molecule has 0 aliphatic heterocycles. The Balaban J connectivity index is 2.15. The Hall–Kier alpha value is -2.98. The van der Waals surface area contributed by atoms with Crippen LogP contribution in [0.15, 0.2) is 70.5 Å². The topological polar surface area (TPSA) is 129 Å². The number of fused-ring (bicyclic) bond motifs is 2. The van der Waals surface area contributed by atoms with Gasteiger partial charge in [-0.3, -0.25) is 9.11 Å². The fourth-order valence-electron chi connectivity index (χ4n) is 3.27. The van der Waals surface area contributed by atoms with Crippen LogP contribution in [-0.4, -0.2) is 31.0 Å². The number of aromatic hydroxyl groups is 1. The lowest BCUT2D eigenvalue weighted by Gasteiger charge is -2.12. The predicted octanol–water partition coefficient (Wildman–Crippen LogP) is 3.66. The van der Waals surface area contributed by atoms with Crippen molar-refractivity contribution in [3.8, 4) is 16.9 Å². The van der Waals surface area contributed by atoms with E-state index >= 15 is 0 Å². The van der Waals surface area contributed by atoms with Crippen LogP contribution in [0.1, 0.15) is 0 Å². The number of phenols is 1. The van der Waals surface area contributed by atoms with Gasteiger partial charge in [0.25, 0.3) is 20.2 Å². The fourth-order valence-corrected chi connectivity index (χ4v) is 4.51. The molecule has 0 atom stereocenters. The Morgan fingerprint density at radius 3 is 2.14 bits per heavy atom. The van der Waals surface area contributed by atoms with Gasteiger partial charge in [0.2, 0.25) is 0 Å². The molecule has 0 fully saturated rings. The van der Waals surface area contributed by atoms with Crippen LogP contribution in [-0.2, 0) is 20.2 Å². The van der Waals surface area contributed by atoms with E-state index in [0.717, 1.165) is 29.0 Å². The lowest BCUT2D eigenvalue weighted by atomic mass is 9.96. The van der Waals surface area contributed by atoms with E-state index in [-0.39, 0.29) is 16.3 Å². The summed E-state index contributed by atoms with van der Waals surface area (Å²) >= 11 is 0. The lowest BCUT2D eigenvalue weighted by molar-refractivity contribution is 0.470. The minimum Gasteiger partial charge on any atom is -0.507 e. The van der Waals surface area contributed by atoms with Crippen LogP contribution in [0.3, 0.4) is 0 Å². The van der Waals surface area contributed by atoms with Crippen molar-refractivity contribution in [2.75, 3.05) is 0 Å². The summed E-state index contributed by atoms with van der Waals surface area (Å²) in [5.74, 6) is -0.609. The molecule has 0 aliphatic carbocycles. The summed E-state index contributed by atoms with van der Waals surface area (Å²) in [7, 11) is -9.52. The van der Waals surface area contributed by atoms with Crippen molar-refractivity contribution >= 4 is 41.8 Å². The molecule has 0 aromatic heterocycles. The average molecular weight is 429 g/mol. The molecule has 9 heteroatoms. The van der Waals surface area contributed by atoms with Crippen molar-refractivity contribution in [3.63, 3.8) is 0 Å². The zero-order valence-corrected chi connectivity index (χ0v) is 16.2. The van der Waals surface area contributed by atoms with E-state index in [4.69, 9.17) is 0 Å². The normalized spacial score (nSPS) is 12.5. The van der Waals surface area contributed by atoms with Crippen LogP contribution in [0, 0.1) is 6.07 Å². The Bertz CT molecular complexity index is 1500. The van der Waals surface area contributed by atoms with E-state index in [9.17, 15) is 31.0 Å². The standard InChI is InChI=1S/C20H13O7S2/c21-19-11-14(28(22,23)24)10-18-17(19)8-13(9-20(18)29(25,26)27)16-7-3-5-12-4-1-2-6-15(12)16/h1-7,9-11,21H,(H,22,23,24)(H,25,26,27). The molecule has 147 valence electrons. The van der Waals surface area contributed by atoms with Crippen molar-refractivity contribution in [2.45, 2.75) is 9.79 Å². The van der Waals surface area contributed by atoms with E-state index < -0.39 is 35.8 Å². The summed E-state index contributed by atoms with van der Waals surface area (Å²) in [6.45, 7) is 0. The molecule has 0 aliphatic rings. The molecule has 29 heavy (non-hydrogen) atoms. The largest absolute Gasteiger partial charge is 0.507 e. The lowest BCUT2D eigenvalue weighted by Crippen LogP contribution is -2.03. The third-order valence-electron chi connectivity index (χ3n) is 4.55. The first-order chi connectivity index (χ1) is 13.6. The molecular weight excluding hydrogens is 416 g/mol. The summed E-state index contributed by atoms with van der Waals surface area (Å²) in [5, 5.41) is 11.6. The zero-order valence-electron chi connectivity index (χ0n) is 14.6. The van der Waals surface area contributed by atoms with Crippen LogP contribution < -0.4 is 0 Å². The second-order valence-electron chi connectivity index (χ2n) is 6.39. The van der Waals surface area contributed by atoms with Crippen LogP contribution in [0.5, 0.6) is 5.75 Å². The van der Waals surface area contributed by atoms with E-state index in [2.05, 4.69) is 6.07 Å². The van der Waals surface area contributed by atoms with E-state index in [1.807, 2.05) is 30.3 Å². The molecule has 0 heterocycles. The van der Waals surface area contributed by atoms with Gasteiger partial charge in [0, 0.05) is 22.9 Å². The third-order valence-corrected chi connectivity index (χ3v) is 6.27. The molecule has 0 amide bonds. The smallest absolute Gasteiger partial charge is 0.295 e. The van der Waals surface area contributed by atoms with Gasteiger partial charge in [0.05, 0.1) is 4.90 Å². The van der Waals surface area contributed by atoms with E-state index in [0.29, 0.717) is 5.56 Å². The van der Waals surface area contributed by atoms with Gasteiger partial charge >= 0.3 is 0 Å². The molecule has 4 aromatic rings. The minimum atomic E-state index is -4.80. The molecule has 1 radical (unpaired) electrons. The SMILES string of the molecule is O=S(=O)(O)c1cc(O)c2[c]c(-c3cccc4ccccc34)cc(S(=O)(=O)O)c2c1. The second kappa shape index (κ2) is 6.53. The van der Waals surface area contributed by atoms with Gasteiger partial charge in [-0.2, -0.15) is 16.8 Å². The summed E-state index contributed by atoms with van der Waals surface area (Å²) in [6, 6.07) is 18.4. The van der Waals surface area contributed by atoms with Crippen LogP contribution >= 0.6 is 0 Å². The molecule has 0 saturated heterocycles. The molecule has 0 saturated carbocycles. The monoisotopic (exact) mass is 429 g/mol. The zero-order chi connectivity index (χ0) is 21.0. The first-order valence-corrected chi connectivity index (χ1v) is 11.1. The van der Waals surface area contributed by atoms with Crippen molar-refractivity contribution in [1.82, 2.24) is 0 Å². The summed E-state index contributed by atoms with van der Waals surface area (Å²) in [6.07, 6.45) is 0. The van der Waals surface area contributed by atoms with E-state index in [1.54, 1.807) is 12.1 Å². The van der Waals surface area contributed by atoms with Crippen LogP contribution in [0.2, 0.25) is 0 Å². The van der Waals surface area contributed by atoms with Gasteiger partial charge in [-0.05, 0) is 34.0 Å². The Kier molecular flexibility index (Phi) is 4.35. The number of benzene rings is 4. The molecule has 4 rings (SSSR count). The van der Waals surface area contributed by atoms with Gasteiger partial charge in [-0.1, -0.05) is 42.5 Å². The Labute approximate surface area is 166 Å². The first kappa shape index (κ1) is 19.3. The molecule has 0 spiro atoms. The van der Waals surface area contributed by atoms with Gasteiger partial charge < -0.3 is 5.11 Å². The minimum absolute atomic E-state index is 0.115. The molecule has 7 nitrogen and oxygen atoms in total. The van der Waals surface area contributed by atoms with Gasteiger partial charge in [0.15, 0.2) is 0 Å². The van der Waals surface area contributed by atoms with Gasteiger partial charge in [-0.25, -0.2) is 0 Å².